The Morgan fingerprint density at radius 1 is 1.43 bits per heavy atom. The van der Waals surface area contributed by atoms with E-state index in [0.717, 1.165) is 19.5 Å². The number of rotatable bonds is 2. The topological polar surface area (TPSA) is 40.5 Å². The van der Waals surface area contributed by atoms with Gasteiger partial charge in [-0.15, -0.1) is 0 Å². The maximum absolute atomic E-state index is 11.1. The van der Waals surface area contributed by atoms with E-state index in [2.05, 4.69) is 4.90 Å². The molecule has 0 bridgehead atoms. The minimum Gasteiger partial charge on any atom is -0.481 e. The van der Waals surface area contributed by atoms with Crippen LogP contribution in [-0.2, 0) is 4.79 Å². The van der Waals surface area contributed by atoms with Gasteiger partial charge in [0.05, 0.1) is 5.41 Å². The van der Waals surface area contributed by atoms with Crippen molar-refractivity contribution in [1.82, 2.24) is 4.90 Å². The van der Waals surface area contributed by atoms with E-state index in [9.17, 15) is 4.79 Å². The Balaban J connectivity index is 1.96. The Hall–Kier alpha value is -0.570. The zero-order valence-corrected chi connectivity index (χ0v) is 8.83. The van der Waals surface area contributed by atoms with E-state index in [1.165, 1.54) is 25.7 Å². The Morgan fingerprint density at radius 3 is 2.57 bits per heavy atom. The van der Waals surface area contributed by atoms with Crippen molar-refractivity contribution in [3.8, 4) is 0 Å². The Morgan fingerprint density at radius 2 is 2.07 bits per heavy atom. The van der Waals surface area contributed by atoms with Gasteiger partial charge in [-0.1, -0.05) is 12.8 Å². The van der Waals surface area contributed by atoms with Crippen LogP contribution < -0.4 is 0 Å². The number of carboxylic acid groups (broad SMARTS) is 1. The van der Waals surface area contributed by atoms with Gasteiger partial charge in [0.15, 0.2) is 0 Å². The van der Waals surface area contributed by atoms with E-state index in [1.807, 2.05) is 6.92 Å². The molecule has 0 amide bonds. The van der Waals surface area contributed by atoms with Gasteiger partial charge in [0.1, 0.15) is 0 Å². The highest BCUT2D eigenvalue weighted by Gasteiger charge is 2.42. The third-order valence-corrected chi connectivity index (χ3v) is 3.86. The molecule has 1 heterocycles. The Labute approximate surface area is 85.1 Å². The summed E-state index contributed by atoms with van der Waals surface area (Å²) >= 11 is 0. The lowest BCUT2D eigenvalue weighted by Gasteiger charge is -2.25. The molecule has 1 atom stereocenters. The fraction of sp³-hybridized carbons (Fsp3) is 0.909. The monoisotopic (exact) mass is 197 g/mol. The molecule has 1 saturated carbocycles. The Kier molecular flexibility index (Phi) is 2.52. The first-order chi connectivity index (χ1) is 6.62. The standard InChI is InChI=1S/C11H19NO2/c1-11(10(13)14)6-7-12(8-11)9-4-2-3-5-9/h9H,2-8H2,1H3,(H,13,14). The van der Waals surface area contributed by atoms with Crippen molar-refractivity contribution < 1.29 is 9.90 Å². The van der Waals surface area contributed by atoms with Gasteiger partial charge < -0.3 is 5.11 Å². The number of carbonyl (C=O) groups is 1. The van der Waals surface area contributed by atoms with Crippen LogP contribution in [0.3, 0.4) is 0 Å². The predicted octanol–water partition coefficient (Wildman–Crippen LogP) is 1.73. The number of aliphatic carboxylic acids is 1. The van der Waals surface area contributed by atoms with Crippen LogP contribution in [0, 0.1) is 5.41 Å². The lowest BCUT2D eigenvalue weighted by molar-refractivity contribution is -0.147. The van der Waals surface area contributed by atoms with E-state index >= 15 is 0 Å². The molecule has 1 aliphatic heterocycles. The average Bonchev–Trinajstić information content (AvgIpc) is 2.72. The molecule has 0 radical (unpaired) electrons. The zero-order valence-electron chi connectivity index (χ0n) is 8.83. The molecule has 0 spiro atoms. The summed E-state index contributed by atoms with van der Waals surface area (Å²) in [5, 5.41) is 9.11. The lowest BCUT2D eigenvalue weighted by Crippen LogP contribution is -2.36. The van der Waals surface area contributed by atoms with Crippen molar-refractivity contribution in [2.45, 2.75) is 45.1 Å². The van der Waals surface area contributed by atoms with E-state index in [1.54, 1.807) is 0 Å². The molecule has 3 nitrogen and oxygen atoms in total. The van der Waals surface area contributed by atoms with Gasteiger partial charge in [-0.3, -0.25) is 9.69 Å². The minimum atomic E-state index is -0.627. The van der Waals surface area contributed by atoms with Crippen molar-refractivity contribution in [3.05, 3.63) is 0 Å². The van der Waals surface area contributed by atoms with E-state index in [0.29, 0.717) is 6.04 Å². The average molecular weight is 197 g/mol. The molecule has 14 heavy (non-hydrogen) atoms. The van der Waals surface area contributed by atoms with Gasteiger partial charge in [0, 0.05) is 12.6 Å². The molecule has 3 heteroatoms. The number of hydrogen-bond acceptors (Lipinski definition) is 2. The molecule has 2 aliphatic rings. The Bertz CT molecular complexity index is 235. The molecule has 1 N–H and O–H groups in total. The fourth-order valence-electron chi connectivity index (χ4n) is 2.75. The first-order valence-corrected chi connectivity index (χ1v) is 5.59. The predicted molar refractivity (Wildman–Crippen MR) is 54.2 cm³/mol. The summed E-state index contributed by atoms with van der Waals surface area (Å²) < 4.78 is 0. The van der Waals surface area contributed by atoms with Crippen molar-refractivity contribution in [1.29, 1.82) is 0 Å². The second-order valence-corrected chi connectivity index (χ2v) is 5.02. The van der Waals surface area contributed by atoms with Crippen LogP contribution in [0.25, 0.3) is 0 Å². The van der Waals surface area contributed by atoms with Crippen molar-refractivity contribution in [3.63, 3.8) is 0 Å². The fourth-order valence-corrected chi connectivity index (χ4v) is 2.75. The third kappa shape index (κ3) is 1.65. The summed E-state index contributed by atoms with van der Waals surface area (Å²) in [5.41, 5.74) is -0.484. The highest BCUT2D eigenvalue weighted by atomic mass is 16.4. The molecule has 0 aromatic rings. The quantitative estimate of drug-likeness (QED) is 0.733. The minimum absolute atomic E-state index is 0.484. The molecule has 1 saturated heterocycles. The lowest BCUT2D eigenvalue weighted by atomic mass is 9.90. The molecule has 0 aromatic carbocycles. The SMILES string of the molecule is CC1(C(=O)O)CCN(C2CCCC2)C1. The number of likely N-dealkylation sites (tertiary alicyclic amines) is 1. The van der Waals surface area contributed by atoms with E-state index in [-0.39, 0.29) is 0 Å². The van der Waals surface area contributed by atoms with Crippen molar-refractivity contribution in [2.24, 2.45) is 5.41 Å². The van der Waals surface area contributed by atoms with Crippen LogP contribution in [0.15, 0.2) is 0 Å². The number of nitrogens with zero attached hydrogens (tertiary/aromatic N) is 1. The molecule has 0 aromatic heterocycles. The summed E-state index contributed by atoms with van der Waals surface area (Å²) in [5.74, 6) is -0.627. The van der Waals surface area contributed by atoms with Crippen molar-refractivity contribution in [2.75, 3.05) is 13.1 Å². The molecule has 1 unspecified atom stereocenters. The van der Waals surface area contributed by atoms with Gasteiger partial charge in [-0.05, 0) is 32.7 Å². The van der Waals surface area contributed by atoms with Gasteiger partial charge >= 0.3 is 5.97 Å². The van der Waals surface area contributed by atoms with Gasteiger partial charge in [-0.25, -0.2) is 0 Å². The molecule has 2 rings (SSSR count). The second-order valence-electron chi connectivity index (χ2n) is 5.02. The number of carboxylic acids is 1. The van der Waals surface area contributed by atoms with Crippen LogP contribution in [0.1, 0.15) is 39.0 Å². The highest BCUT2D eigenvalue weighted by Crippen LogP contribution is 2.35. The maximum Gasteiger partial charge on any atom is 0.310 e. The molecule has 1 aliphatic carbocycles. The van der Waals surface area contributed by atoms with Crippen LogP contribution >= 0.6 is 0 Å². The number of hydrogen-bond donors (Lipinski definition) is 1. The smallest absolute Gasteiger partial charge is 0.310 e. The van der Waals surface area contributed by atoms with Gasteiger partial charge in [0.25, 0.3) is 0 Å². The van der Waals surface area contributed by atoms with Gasteiger partial charge in [0.2, 0.25) is 0 Å². The van der Waals surface area contributed by atoms with Crippen LogP contribution in [0.5, 0.6) is 0 Å². The van der Waals surface area contributed by atoms with E-state index in [4.69, 9.17) is 5.11 Å². The molecule has 80 valence electrons. The largest absolute Gasteiger partial charge is 0.481 e. The van der Waals surface area contributed by atoms with Gasteiger partial charge in [-0.2, -0.15) is 0 Å². The maximum atomic E-state index is 11.1. The molecular weight excluding hydrogens is 178 g/mol. The summed E-state index contributed by atoms with van der Waals surface area (Å²) in [6.07, 6.45) is 6.01. The summed E-state index contributed by atoms with van der Waals surface area (Å²) in [6, 6.07) is 0.677. The third-order valence-electron chi connectivity index (χ3n) is 3.86. The molecule has 2 fully saturated rings. The summed E-state index contributed by atoms with van der Waals surface area (Å²) in [7, 11) is 0. The van der Waals surface area contributed by atoms with Crippen molar-refractivity contribution >= 4 is 5.97 Å². The normalized spacial score (nSPS) is 35.2. The summed E-state index contributed by atoms with van der Waals surface area (Å²) in [6.45, 7) is 3.62. The van der Waals surface area contributed by atoms with Crippen LogP contribution in [0.2, 0.25) is 0 Å². The van der Waals surface area contributed by atoms with Crippen LogP contribution in [0.4, 0.5) is 0 Å². The first kappa shape index (κ1) is 9.97. The molecular formula is C11H19NO2. The van der Waals surface area contributed by atoms with Crippen LogP contribution in [-0.4, -0.2) is 35.1 Å². The van der Waals surface area contributed by atoms with E-state index < -0.39 is 11.4 Å². The highest BCUT2D eigenvalue weighted by molar-refractivity contribution is 5.74. The summed E-state index contributed by atoms with van der Waals surface area (Å²) in [4.78, 5) is 13.4. The second kappa shape index (κ2) is 3.54. The first-order valence-electron chi connectivity index (χ1n) is 5.59. The zero-order chi connectivity index (χ0) is 10.2.